The van der Waals surface area contributed by atoms with Crippen molar-refractivity contribution in [3.05, 3.63) is 0 Å². The molecule has 1 atom stereocenters. The molecule has 64 valence electrons. The van der Waals surface area contributed by atoms with E-state index in [0.717, 1.165) is 17.7 Å². The highest BCUT2D eigenvalue weighted by Gasteiger charge is 2.13. The van der Waals surface area contributed by atoms with Gasteiger partial charge in [-0.25, -0.2) is 0 Å². The minimum Gasteiger partial charge on any atom is -1.00 e. The van der Waals surface area contributed by atoms with Gasteiger partial charge in [0.05, 0.1) is 20.1 Å². The Balaban J connectivity index is 0. The highest BCUT2D eigenvalue weighted by molar-refractivity contribution is 4.29. The lowest BCUT2D eigenvalue weighted by atomic mass is 10.4. The summed E-state index contributed by atoms with van der Waals surface area (Å²) in [5, 5.41) is 0. The maximum atomic E-state index is 5.58. The van der Waals surface area contributed by atoms with Gasteiger partial charge in [-0.15, -0.1) is 0 Å². The van der Waals surface area contributed by atoms with Crippen LogP contribution in [0.3, 0.4) is 0 Å². The fourth-order valence-corrected chi connectivity index (χ4v) is 0.918. The van der Waals surface area contributed by atoms with Crippen LogP contribution in [-0.4, -0.2) is 31.3 Å². The molecule has 0 heterocycles. The second-order valence-corrected chi connectivity index (χ2v) is 2.84. The number of halogens is 1. The summed E-state index contributed by atoms with van der Waals surface area (Å²) in [6, 6.07) is 0. The van der Waals surface area contributed by atoms with Gasteiger partial charge >= 0.3 is 0 Å². The molecule has 0 saturated carbocycles. The molecule has 10 heavy (non-hydrogen) atoms. The zero-order chi connectivity index (χ0) is 7.33. The molecule has 0 aliphatic heterocycles. The average Bonchev–Trinajstić information content (AvgIpc) is 1.89. The van der Waals surface area contributed by atoms with Crippen LogP contribution in [0.25, 0.3) is 0 Å². The lowest BCUT2D eigenvalue weighted by molar-refractivity contribution is -0.907. The zero-order valence-electron chi connectivity index (χ0n) is 7.23. The first-order chi connectivity index (χ1) is 4.18. The highest BCUT2D eigenvalue weighted by Crippen LogP contribution is 1.98. The van der Waals surface area contributed by atoms with Crippen LogP contribution >= 0.6 is 0 Å². The second kappa shape index (κ2) is 5.96. The molecule has 1 unspecified atom stereocenters. The van der Waals surface area contributed by atoms with E-state index in [2.05, 4.69) is 20.9 Å². The van der Waals surface area contributed by atoms with Crippen LogP contribution in [0.15, 0.2) is 0 Å². The maximum Gasteiger partial charge on any atom is 0.129 e. The third-order valence-electron chi connectivity index (χ3n) is 1.97. The molecule has 0 aliphatic rings. The van der Waals surface area contributed by atoms with E-state index < -0.39 is 0 Å². The van der Waals surface area contributed by atoms with Crippen LogP contribution in [0.1, 0.15) is 20.3 Å². The first-order valence-corrected chi connectivity index (χ1v) is 3.72. The maximum absolute atomic E-state index is 5.58. The molecule has 3 heteroatoms. The van der Waals surface area contributed by atoms with E-state index >= 15 is 0 Å². The molecule has 0 aromatic heterocycles. The normalized spacial score (nSPS) is 15.6. The SMILES string of the molecule is CCC[N+](C)(CC)CN.[Cl-]. The Labute approximate surface area is 70.4 Å². The molecule has 0 aromatic carbocycles. The van der Waals surface area contributed by atoms with Crippen molar-refractivity contribution in [1.29, 1.82) is 0 Å². The first kappa shape index (κ1) is 12.8. The first-order valence-electron chi connectivity index (χ1n) is 3.72. The summed E-state index contributed by atoms with van der Waals surface area (Å²) in [5.41, 5.74) is 5.58. The van der Waals surface area contributed by atoms with Crippen LogP contribution < -0.4 is 18.1 Å². The number of hydrogen-bond donors (Lipinski definition) is 1. The monoisotopic (exact) mass is 166 g/mol. The fraction of sp³-hybridized carbons (Fsp3) is 1.00. The van der Waals surface area contributed by atoms with Crippen molar-refractivity contribution < 1.29 is 16.9 Å². The lowest BCUT2D eigenvalue weighted by Crippen LogP contribution is -3.00. The van der Waals surface area contributed by atoms with Crippen LogP contribution in [0.2, 0.25) is 0 Å². The highest BCUT2D eigenvalue weighted by atomic mass is 35.5. The van der Waals surface area contributed by atoms with E-state index in [9.17, 15) is 0 Å². The van der Waals surface area contributed by atoms with Crippen LogP contribution in [0.5, 0.6) is 0 Å². The fourth-order valence-electron chi connectivity index (χ4n) is 0.918. The predicted molar refractivity (Wildman–Crippen MR) is 40.9 cm³/mol. The van der Waals surface area contributed by atoms with E-state index in [0.29, 0.717) is 0 Å². The van der Waals surface area contributed by atoms with Gasteiger partial charge in [0.15, 0.2) is 0 Å². The van der Waals surface area contributed by atoms with Crippen LogP contribution in [0.4, 0.5) is 0 Å². The summed E-state index contributed by atoms with van der Waals surface area (Å²) in [4.78, 5) is 0. The molecule has 2 N–H and O–H groups in total. The predicted octanol–water partition coefficient (Wildman–Crippen LogP) is -2.22. The number of rotatable bonds is 4. The van der Waals surface area contributed by atoms with Crippen molar-refractivity contribution in [2.24, 2.45) is 5.73 Å². The molecular weight excluding hydrogens is 148 g/mol. The largest absolute Gasteiger partial charge is 1.00 e. The standard InChI is InChI=1S/C7H19N2.ClH/c1-4-6-9(3,5-2)7-8;/h4-8H2,1-3H3;1H/q+1;/p-1. The second-order valence-electron chi connectivity index (χ2n) is 2.84. The van der Waals surface area contributed by atoms with Crippen LogP contribution in [0, 0.1) is 0 Å². The van der Waals surface area contributed by atoms with Gasteiger partial charge in [0, 0.05) is 0 Å². The topological polar surface area (TPSA) is 26.0 Å². The minimum atomic E-state index is 0. The van der Waals surface area contributed by atoms with Crippen molar-refractivity contribution in [1.82, 2.24) is 0 Å². The van der Waals surface area contributed by atoms with E-state index in [1.54, 1.807) is 0 Å². The van der Waals surface area contributed by atoms with Crippen molar-refractivity contribution in [3.63, 3.8) is 0 Å². The van der Waals surface area contributed by atoms with Gasteiger partial charge in [-0.1, -0.05) is 6.92 Å². The summed E-state index contributed by atoms with van der Waals surface area (Å²) >= 11 is 0. The molecule has 0 saturated heterocycles. The Morgan fingerprint density at radius 2 is 1.80 bits per heavy atom. The molecule has 0 radical (unpaired) electrons. The molecule has 0 bridgehead atoms. The molecule has 0 spiro atoms. The summed E-state index contributed by atoms with van der Waals surface area (Å²) in [7, 11) is 2.20. The Morgan fingerprint density at radius 1 is 1.30 bits per heavy atom. The number of quaternary nitrogens is 1. The molecule has 2 nitrogen and oxygen atoms in total. The van der Waals surface area contributed by atoms with Gasteiger partial charge in [-0.05, 0) is 13.3 Å². The van der Waals surface area contributed by atoms with Crippen molar-refractivity contribution >= 4 is 0 Å². The Morgan fingerprint density at radius 3 is 1.90 bits per heavy atom. The lowest BCUT2D eigenvalue weighted by Gasteiger charge is -2.30. The van der Waals surface area contributed by atoms with Gasteiger partial charge in [0.1, 0.15) is 6.67 Å². The van der Waals surface area contributed by atoms with Gasteiger partial charge < -0.3 is 16.9 Å². The smallest absolute Gasteiger partial charge is 0.129 e. The van der Waals surface area contributed by atoms with Gasteiger partial charge in [-0.3, -0.25) is 5.73 Å². The Hall–Kier alpha value is 0.210. The molecule has 0 aromatic rings. The summed E-state index contributed by atoms with van der Waals surface area (Å²) in [6.45, 7) is 7.49. The van der Waals surface area contributed by atoms with Crippen molar-refractivity contribution in [2.45, 2.75) is 20.3 Å². The number of nitrogens with two attached hydrogens (primary N) is 1. The van der Waals surface area contributed by atoms with Crippen molar-refractivity contribution in [3.8, 4) is 0 Å². The van der Waals surface area contributed by atoms with Gasteiger partial charge in [0.25, 0.3) is 0 Å². The Bertz CT molecular complexity index is 72.0. The van der Waals surface area contributed by atoms with Crippen molar-refractivity contribution in [2.75, 3.05) is 26.8 Å². The number of nitrogens with zero attached hydrogens (tertiary/aromatic N) is 1. The molecule has 0 fully saturated rings. The van der Waals surface area contributed by atoms with E-state index in [4.69, 9.17) is 5.73 Å². The van der Waals surface area contributed by atoms with E-state index in [-0.39, 0.29) is 12.4 Å². The van der Waals surface area contributed by atoms with E-state index in [1.807, 2.05) is 0 Å². The average molecular weight is 167 g/mol. The summed E-state index contributed by atoms with van der Waals surface area (Å²) < 4.78 is 1.01. The molecule has 0 rings (SSSR count). The van der Waals surface area contributed by atoms with E-state index in [1.165, 1.54) is 13.0 Å². The number of hydrogen-bond acceptors (Lipinski definition) is 1. The van der Waals surface area contributed by atoms with Crippen LogP contribution in [-0.2, 0) is 0 Å². The van der Waals surface area contributed by atoms with Gasteiger partial charge in [-0.2, -0.15) is 0 Å². The third-order valence-corrected chi connectivity index (χ3v) is 1.97. The summed E-state index contributed by atoms with van der Waals surface area (Å²) in [5.74, 6) is 0. The molecule has 0 amide bonds. The summed E-state index contributed by atoms with van der Waals surface area (Å²) in [6.07, 6.45) is 1.22. The molecular formula is C7H19ClN2. The third kappa shape index (κ3) is 4.09. The van der Waals surface area contributed by atoms with Gasteiger partial charge in [0.2, 0.25) is 0 Å². The minimum absolute atomic E-state index is 0. The Kier molecular flexibility index (Phi) is 7.65. The quantitative estimate of drug-likeness (QED) is 0.372. The molecule has 0 aliphatic carbocycles. The zero-order valence-corrected chi connectivity index (χ0v) is 7.99.